The van der Waals surface area contributed by atoms with Crippen LogP contribution in [0, 0.1) is 6.92 Å². The molecule has 24 heavy (non-hydrogen) atoms. The van der Waals surface area contributed by atoms with E-state index in [0.717, 1.165) is 17.1 Å². The number of nitrogens with one attached hydrogen (secondary N) is 3. The van der Waals surface area contributed by atoms with Crippen LogP contribution in [-0.2, 0) is 10.3 Å². The van der Waals surface area contributed by atoms with E-state index < -0.39 is 5.54 Å². The summed E-state index contributed by atoms with van der Waals surface area (Å²) in [7, 11) is 0. The zero-order valence-electron chi connectivity index (χ0n) is 14.3. The van der Waals surface area contributed by atoms with Crippen LogP contribution in [0.2, 0.25) is 0 Å². The van der Waals surface area contributed by atoms with Crippen LogP contribution in [0.1, 0.15) is 37.9 Å². The highest BCUT2D eigenvalue weighted by atomic mass is 32.1. The summed E-state index contributed by atoms with van der Waals surface area (Å²) in [6.45, 7) is 7.34. The topological polar surface area (TPSA) is 83.1 Å². The van der Waals surface area contributed by atoms with E-state index in [4.69, 9.17) is 0 Å². The number of urea groups is 1. The van der Waals surface area contributed by atoms with Gasteiger partial charge in [-0.2, -0.15) is 0 Å². The molecule has 0 fully saturated rings. The van der Waals surface area contributed by atoms with E-state index in [1.54, 1.807) is 24.3 Å². The molecule has 1 atom stereocenters. The molecule has 0 aliphatic carbocycles. The maximum Gasteiger partial charge on any atom is 0.320 e. The van der Waals surface area contributed by atoms with Gasteiger partial charge in [-0.3, -0.25) is 4.79 Å². The van der Waals surface area contributed by atoms with Crippen LogP contribution in [0.4, 0.5) is 16.2 Å². The summed E-state index contributed by atoms with van der Waals surface area (Å²) in [6, 6.07) is 6.69. The monoisotopic (exact) mass is 346 g/mol. The highest BCUT2D eigenvalue weighted by Gasteiger charge is 2.29. The molecular weight excluding hydrogens is 324 g/mol. The van der Waals surface area contributed by atoms with Gasteiger partial charge in [-0.15, -0.1) is 11.3 Å². The van der Waals surface area contributed by atoms with Gasteiger partial charge in [-0.05, 0) is 38.5 Å². The molecule has 2 rings (SSSR count). The number of rotatable bonds is 5. The van der Waals surface area contributed by atoms with Crippen LogP contribution in [0.25, 0.3) is 0 Å². The molecule has 0 saturated carbocycles. The number of hydrogen-bond donors (Lipinski definition) is 3. The van der Waals surface area contributed by atoms with Gasteiger partial charge < -0.3 is 16.0 Å². The first-order chi connectivity index (χ1) is 11.3. The number of carbonyl (C=O) groups excluding carboxylic acids is 2. The number of thiazole rings is 1. The smallest absolute Gasteiger partial charge is 0.320 e. The van der Waals surface area contributed by atoms with Crippen LogP contribution in [0.3, 0.4) is 0 Å². The minimum atomic E-state index is -0.530. The lowest BCUT2D eigenvalue weighted by Gasteiger charge is -2.27. The molecule has 6 nitrogen and oxygen atoms in total. The van der Waals surface area contributed by atoms with Gasteiger partial charge >= 0.3 is 6.03 Å². The Morgan fingerprint density at radius 1 is 1.25 bits per heavy atom. The largest absolute Gasteiger partial charge is 0.326 e. The molecule has 0 bridgehead atoms. The second-order valence-electron chi connectivity index (χ2n) is 5.82. The van der Waals surface area contributed by atoms with Gasteiger partial charge in [-0.1, -0.05) is 13.0 Å². The molecule has 128 valence electrons. The summed E-state index contributed by atoms with van der Waals surface area (Å²) in [5.74, 6) is -0.158. The van der Waals surface area contributed by atoms with Crippen LogP contribution < -0.4 is 16.0 Å². The molecule has 0 radical (unpaired) electrons. The number of aryl methyl sites for hydroxylation is 1. The van der Waals surface area contributed by atoms with E-state index in [1.165, 1.54) is 18.3 Å². The minimum absolute atomic E-state index is 0.158. The summed E-state index contributed by atoms with van der Waals surface area (Å²) in [6.07, 6.45) is 0.722. The molecule has 3 amide bonds. The molecule has 1 aromatic heterocycles. The molecule has 0 aliphatic heterocycles. The number of benzene rings is 1. The van der Waals surface area contributed by atoms with E-state index >= 15 is 0 Å². The third-order valence-electron chi connectivity index (χ3n) is 3.63. The molecular formula is C17H22N4O2S. The Morgan fingerprint density at radius 3 is 2.46 bits per heavy atom. The fourth-order valence-corrected chi connectivity index (χ4v) is 3.18. The Bertz CT molecular complexity index is 744. The van der Waals surface area contributed by atoms with Gasteiger partial charge in [0.25, 0.3) is 0 Å². The van der Waals surface area contributed by atoms with Crippen molar-refractivity contribution in [1.29, 1.82) is 0 Å². The van der Waals surface area contributed by atoms with Crippen molar-refractivity contribution in [2.75, 3.05) is 10.6 Å². The molecule has 2 aromatic rings. The molecule has 0 aliphatic rings. The Hall–Kier alpha value is -2.41. The molecule has 1 aromatic carbocycles. The van der Waals surface area contributed by atoms with Gasteiger partial charge in [0, 0.05) is 29.4 Å². The first kappa shape index (κ1) is 17.9. The van der Waals surface area contributed by atoms with Crippen molar-refractivity contribution in [2.45, 2.75) is 39.7 Å². The standard InChI is InChI=1S/C17H22N4O2S/c1-5-17(4,15-18-11(2)10-24-15)21-16(23)20-14-8-6-7-13(9-14)19-12(3)22/h6-10H,5H2,1-4H3,(H,19,22)(H2,20,21,23). The van der Waals surface area contributed by atoms with Crippen molar-refractivity contribution < 1.29 is 9.59 Å². The van der Waals surface area contributed by atoms with Crippen molar-refractivity contribution in [3.63, 3.8) is 0 Å². The zero-order valence-corrected chi connectivity index (χ0v) is 15.1. The van der Waals surface area contributed by atoms with E-state index in [-0.39, 0.29) is 11.9 Å². The zero-order chi connectivity index (χ0) is 17.7. The first-order valence-corrected chi connectivity index (χ1v) is 8.60. The van der Waals surface area contributed by atoms with Crippen LogP contribution in [0.5, 0.6) is 0 Å². The maximum absolute atomic E-state index is 12.4. The number of amides is 3. The van der Waals surface area contributed by atoms with Gasteiger partial charge in [0.2, 0.25) is 5.91 Å². The summed E-state index contributed by atoms with van der Waals surface area (Å²) in [5.41, 5.74) is 1.65. The summed E-state index contributed by atoms with van der Waals surface area (Å²) >= 11 is 1.54. The summed E-state index contributed by atoms with van der Waals surface area (Å²) < 4.78 is 0. The second kappa shape index (κ2) is 7.44. The normalized spacial score (nSPS) is 13.0. The molecule has 3 N–H and O–H groups in total. The highest BCUT2D eigenvalue weighted by molar-refractivity contribution is 7.09. The lowest BCUT2D eigenvalue weighted by atomic mass is 10.0. The lowest BCUT2D eigenvalue weighted by molar-refractivity contribution is -0.114. The third kappa shape index (κ3) is 4.55. The summed E-state index contributed by atoms with van der Waals surface area (Å²) in [5, 5.41) is 11.3. The number of anilines is 2. The van der Waals surface area contributed by atoms with E-state index in [1.807, 2.05) is 26.2 Å². The molecule has 1 heterocycles. The Labute approximate surface area is 145 Å². The van der Waals surface area contributed by atoms with Crippen molar-refractivity contribution in [3.8, 4) is 0 Å². The molecule has 0 spiro atoms. The van der Waals surface area contributed by atoms with Crippen molar-refractivity contribution in [2.24, 2.45) is 0 Å². The maximum atomic E-state index is 12.4. The fourth-order valence-electron chi connectivity index (χ4n) is 2.19. The number of nitrogens with zero attached hydrogens (tertiary/aromatic N) is 1. The lowest BCUT2D eigenvalue weighted by Crippen LogP contribution is -2.45. The predicted octanol–water partition coefficient (Wildman–Crippen LogP) is 3.86. The first-order valence-electron chi connectivity index (χ1n) is 7.72. The van der Waals surface area contributed by atoms with E-state index in [0.29, 0.717) is 11.4 Å². The van der Waals surface area contributed by atoms with E-state index in [2.05, 4.69) is 20.9 Å². The van der Waals surface area contributed by atoms with Crippen LogP contribution in [-0.4, -0.2) is 16.9 Å². The summed E-state index contributed by atoms with van der Waals surface area (Å²) in [4.78, 5) is 28.0. The average Bonchev–Trinajstić information content (AvgIpc) is 2.94. The van der Waals surface area contributed by atoms with Crippen molar-refractivity contribution >= 4 is 34.6 Å². The Morgan fingerprint density at radius 2 is 1.92 bits per heavy atom. The Kier molecular flexibility index (Phi) is 5.56. The molecule has 1 unspecified atom stereocenters. The van der Waals surface area contributed by atoms with Gasteiger partial charge in [0.1, 0.15) is 5.01 Å². The van der Waals surface area contributed by atoms with Crippen LogP contribution in [0.15, 0.2) is 29.6 Å². The van der Waals surface area contributed by atoms with Crippen molar-refractivity contribution in [1.82, 2.24) is 10.3 Å². The molecule has 0 saturated heterocycles. The van der Waals surface area contributed by atoms with Gasteiger partial charge in [0.05, 0.1) is 5.54 Å². The second-order valence-corrected chi connectivity index (χ2v) is 6.68. The predicted molar refractivity (Wildman–Crippen MR) is 97.4 cm³/mol. The highest BCUT2D eigenvalue weighted by Crippen LogP contribution is 2.27. The number of hydrogen-bond acceptors (Lipinski definition) is 4. The van der Waals surface area contributed by atoms with Crippen molar-refractivity contribution in [3.05, 3.63) is 40.3 Å². The average molecular weight is 346 g/mol. The van der Waals surface area contributed by atoms with Crippen LogP contribution >= 0.6 is 11.3 Å². The van der Waals surface area contributed by atoms with Gasteiger partial charge in [-0.25, -0.2) is 9.78 Å². The fraction of sp³-hybridized carbons (Fsp3) is 0.353. The number of aromatic nitrogens is 1. The third-order valence-corrected chi connectivity index (χ3v) is 4.85. The van der Waals surface area contributed by atoms with Gasteiger partial charge in [0.15, 0.2) is 0 Å². The Balaban J connectivity index is 2.08. The minimum Gasteiger partial charge on any atom is -0.326 e. The quantitative estimate of drug-likeness (QED) is 0.769. The molecule has 7 heteroatoms. The number of carbonyl (C=O) groups is 2. The SMILES string of the molecule is CCC(C)(NC(=O)Nc1cccc(NC(C)=O)c1)c1nc(C)cs1. The van der Waals surface area contributed by atoms with E-state index in [9.17, 15) is 9.59 Å².